The molecule has 1 aliphatic heterocycles. The lowest BCUT2D eigenvalue weighted by Crippen LogP contribution is -2.37. The van der Waals surface area contributed by atoms with Crippen molar-refractivity contribution >= 4 is 6.08 Å². The fourth-order valence-electron chi connectivity index (χ4n) is 2.27. The standard InChI is InChI=1S/C14H20N2O/c1-3-13-5-4-12(10-15-13)11(2)16-8-6-14(17)7-9-16/h3-5,10-11,14,17H,1,6-9H2,2H3/t11-/m1/s1. The molecule has 1 N–H and O–H groups in total. The van der Waals surface area contributed by atoms with Crippen LogP contribution in [-0.4, -0.2) is 34.2 Å². The molecule has 1 atom stereocenters. The van der Waals surface area contributed by atoms with Crippen molar-refractivity contribution in [3.05, 3.63) is 36.2 Å². The summed E-state index contributed by atoms with van der Waals surface area (Å²) >= 11 is 0. The maximum Gasteiger partial charge on any atom is 0.0623 e. The van der Waals surface area contributed by atoms with Crippen LogP contribution in [0.4, 0.5) is 0 Å². The van der Waals surface area contributed by atoms with Crippen LogP contribution in [0.5, 0.6) is 0 Å². The van der Waals surface area contributed by atoms with Crippen molar-refractivity contribution in [1.82, 2.24) is 9.88 Å². The van der Waals surface area contributed by atoms with E-state index in [1.807, 2.05) is 12.3 Å². The van der Waals surface area contributed by atoms with Gasteiger partial charge in [-0.2, -0.15) is 0 Å². The summed E-state index contributed by atoms with van der Waals surface area (Å²) in [5.74, 6) is 0. The first kappa shape index (κ1) is 12.3. The highest BCUT2D eigenvalue weighted by Gasteiger charge is 2.22. The third-order valence-corrected chi connectivity index (χ3v) is 3.55. The second-order valence-electron chi connectivity index (χ2n) is 4.66. The van der Waals surface area contributed by atoms with E-state index in [0.717, 1.165) is 31.6 Å². The van der Waals surface area contributed by atoms with Gasteiger partial charge in [0.1, 0.15) is 0 Å². The Morgan fingerprint density at radius 2 is 2.18 bits per heavy atom. The minimum atomic E-state index is -0.111. The lowest BCUT2D eigenvalue weighted by molar-refractivity contribution is 0.0644. The lowest BCUT2D eigenvalue weighted by atomic mass is 10.0. The Morgan fingerprint density at radius 1 is 1.47 bits per heavy atom. The van der Waals surface area contributed by atoms with E-state index in [1.54, 1.807) is 6.08 Å². The second kappa shape index (κ2) is 5.43. The van der Waals surface area contributed by atoms with Crippen molar-refractivity contribution in [2.24, 2.45) is 0 Å². The van der Waals surface area contributed by atoms with Crippen molar-refractivity contribution in [2.45, 2.75) is 31.9 Å². The Hall–Kier alpha value is -1.19. The van der Waals surface area contributed by atoms with Gasteiger partial charge in [0, 0.05) is 25.3 Å². The van der Waals surface area contributed by atoms with Crippen molar-refractivity contribution in [2.75, 3.05) is 13.1 Å². The van der Waals surface area contributed by atoms with Crippen molar-refractivity contribution in [3.8, 4) is 0 Å². The maximum absolute atomic E-state index is 9.50. The van der Waals surface area contributed by atoms with Gasteiger partial charge in [0.25, 0.3) is 0 Å². The van der Waals surface area contributed by atoms with Gasteiger partial charge in [0.05, 0.1) is 11.8 Å². The van der Waals surface area contributed by atoms with Gasteiger partial charge in [-0.05, 0) is 37.5 Å². The highest BCUT2D eigenvalue weighted by Crippen LogP contribution is 2.23. The summed E-state index contributed by atoms with van der Waals surface area (Å²) in [7, 11) is 0. The number of aliphatic hydroxyl groups excluding tert-OH is 1. The number of aromatic nitrogens is 1. The van der Waals surface area contributed by atoms with Gasteiger partial charge in [0.15, 0.2) is 0 Å². The van der Waals surface area contributed by atoms with Crippen LogP contribution < -0.4 is 0 Å². The highest BCUT2D eigenvalue weighted by atomic mass is 16.3. The predicted molar refractivity (Wildman–Crippen MR) is 69.6 cm³/mol. The molecule has 0 saturated carbocycles. The van der Waals surface area contributed by atoms with Gasteiger partial charge < -0.3 is 5.11 Å². The third-order valence-electron chi connectivity index (χ3n) is 3.55. The molecule has 1 aromatic heterocycles. The van der Waals surface area contributed by atoms with Crippen LogP contribution in [0.1, 0.15) is 37.1 Å². The molecule has 0 radical (unpaired) electrons. The van der Waals surface area contributed by atoms with Crippen LogP contribution in [0.2, 0.25) is 0 Å². The molecule has 0 aromatic carbocycles. The molecule has 17 heavy (non-hydrogen) atoms. The Balaban J connectivity index is 2.03. The van der Waals surface area contributed by atoms with Crippen LogP contribution in [0.3, 0.4) is 0 Å². The number of hydrogen-bond donors (Lipinski definition) is 1. The first-order valence-electron chi connectivity index (χ1n) is 6.21. The first-order chi connectivity index (χ1) is 8.20. The molecule has 3 heteroatoms. The SMILES string of the molecule is C=Cc1ccc([C@@H](C)N2CCC(O)CC2)cn1. The fourth-order valence-corrected chi connectivity index (χ4v) is 2.27. The third kappa shape index (κ3) is 2.93. The van der Waals surface area contributed by atoms with Gasteiger partial charge in [-0.25, -0.2) is 0 Å². The van der Waals surface area contributed by atoms with Gasteiger partial charge >= 0.3 is 0 Å². The monoisotopic (exact) mass is 232 g/mol. The van der Waals surface area contributed by atoms with Crippen LogP contribution in [0.15, 0.2) is 24.9 Å². The molecule has 1 fully saturated rings. The maximum atomic E-state index is 9.50. The van der Waals surface area contributed by atoms with E-state index in [0.29, 0.717) is 6.04 Å². The van der Waals surface area contributed by atoms with Gasteiger partial charge in [0.2, 0.25) is 0 Å². The summed E-state index contributed by atoms with van der Waals surface area (Å²) in [5, 5.41) is 9.50. The molecule has 3 nitrogen and oxygen atoms in total. The highest BCUT2D eigenvalue weighted by molar-refractivity contribution is 5.41. The average molecular weight is 232 g/mol. The quantitative estimate of drug-likeness (QED) is 0.868. The molecule has 1 aromatic rings. The molecule has 0 amide bonds. The van der Waals surface area contributed by atoms with E-state index in [-0.39, 0.29) is 6.10 Å². The van der Waals surface area contributed by atoms with Crippen LogP contribution in [-0.2, 0) is 0 Å². The summed E-state index contributed by atoms with van der Waals surface area (Å²) in [4.78, 5) is 6.73. The normalized spacial score (nSPS) is 20.1. The molecule has 2 rings (SSSR count). The smallest absolute Gasteiger partial charge is 0.0623 e. The molecule has 2 heterocycles. The molecular formula is C14H20N2O. The molecule has 0 unspecified atom stereocenters. The molecule has 0 spiro atoms. The predicted octanol–water partition coefficient (Wildman–Crippen LogP) is 2.24. The van der Waals surface area contributed by atoms with E-state index < -0.39 is 0 Å². The Labute approximate surface area is 103 Å². The second-order valence-corrected chi connectivity index (χ2v) is 4.66. The number of hydrogen-bond acceptors (Lipinski definition) is 3. The molecule has 92 valence electrons. The van der Waals surface area contributed by atoms with Crippen LogP contribution in [0.25, 0.3) is 6.08 Å². The molecule has 1 aliphatic rings. The van der Waals surface area contributed by atoms with E-state index >= 15 is 0 Å². The van der Waals surface area contributed by atoms with Gasteiger partial charge in [-0.3, -0.25) is 9.88 Å². The fraction of sp³-hybridized carbons (Fsp3) is 0.500. The summed E-state index contributed by atoms with van der Waals surface area (Å²) < 4.78 is 0. The zero-order valence-corrected chi connectivity index (χ0v) is 10.3. The molecule has 0 aliphatic carbocycles. The van der Waals surface area contributed by atoms with E-state index in [9.17, 15) is 5.11 Å². The van der Waals surface area contributed by atoms with Crippen LogP contribution >= 0.6 is 0 Å². The first-order valence-corrected chi connectivity index (χ1v) is 6.21. The van der Waals surface area contributed by atoms with Crippen LogP contribution in [0, 0.1) is 0 Å². The number of nitrogens with zero attached hydrogens (tertiary/aromatic N) is 2. The van der Waals surface area contributed by atoms with Gasteiger partial charge in [-0.15, -0.1) is 0 Å². The number of piperidine rings is 1. The van der Waals surface area contributed by atoms with Crippen molar-refractivity contribution in [3.63, 3.8) is 0 Å². The average Bonchev–Trinajstić information content (AvgIpc) is 2.39. The topological polar surface area (TPSA) is 36.4 Å². The summed E-state index contributed by atoms with van der Waals surface area (Å²) in [6.45, 7) is 7.83. The van der Waals surface area contributed by atoms with Crippen molar-refractivity contribution < 1.29 is 5.11 Å². The Morgan fingerprint density at radius 3 is 2.71 bits per heavy atom. The number of pyridine rings is 1. The zero-order valence-electron chi connectivity index (χ0n) is 10.3. The Bertz CT molecular complexity index is 366. The van der Waals surface area contributed by atoms with E-state index in [2.05, 4.69) is 29.5 Å². The lowest BCUT2D eigenvalue weighted by Gasteiger charge is -2.34. The Kier molecular flexibility index (Phi) is 3.92. The van der Waals surface area contributed by atoms with Gasteiger partial charge in [-0.1, -0.05) is 12.6 Å². The van der Waals surface area contributed by atoms with E-state index in [1.165, 1.54) is 5.56 Å². The van der Waals surface area contributed by atoms with E-state index in [4.69, 9.17) is 0 Å². The minimum Gasteiger partial charge on any atom is -0.393 e. The van der Waals surface area contributed by atoms with Crippen molar-refractivity contribution in [1.29, 1.82) is 0 Å². The zero-order chi connectivity index (χ0) is 12.3. The molecule has 0 bridgehead atoms. The summed E-state index contributed by atoms with van der Waals surface area (Å²) in [5.41, 5.74) is 2.14. The largest absolute Gasteiger partial charge is 0.393 e. The summed E-state index contributed by atoms with van der Waals surface area (Å²) in [6, 6.07) is 4.48. The summed E-state index contributed by atoms with van der Waals surface area (Å²) in [6.07, 6.45) is 5.32. The molecule has 1 saturated heterocycles. The minimum absolute atomic E-state index is 0.111. The number of likely N-dealkylation sites (tertiary alicyclic amines) is 1. The number of aliphatic hydroxyl groups is 1. The molecular weight excluding hydrogens is 212 g/mol. The number of rotatable bonds is 3.